The van der Waals surface area contributed by atoms with Gasteiger partial charge in [0.1, 0.15) is 12.4 Å². The summed E-state index contributed by atoms with van der Waals surface area (Å²) in [5.74, 6) is 0.794. The minimum Gasteiger partial charge on any atom is -0.325 e. The summed E-state index contributed by atoms with van der Waals surface area (Å²) in [5.41, 5.74) is 3.84. The highest BCUT2D eigenvalue weighted by atomic mass is 16.1. The fraction of sp³-hybridized carbons (Fsp3) is 0.176. The number of anilines is 1. The SMILES string of the molecule is Cc1cccc(NC(=O)Cn2c(C)nc3ccccc32)c1. The van der Waals surface area contributed by atoms with Crippen LogP contribution in [-0.2, 0) is 11.3 Å². The van der Waals surface area contributed by atoms with Crippen LogP contribution in [0.15, 0.2) is 48.5 Å². The minimum absolute atomic E-state index is 0.0492. The Balaban J connectivity index is 1.82. The number of nitrogens with zero attached hydrogens (tertiary/aromatic N) is 2. The van der Waals surface area contributed by atoms with Crippen LogP contribution in [0.2, 0.25) is 0 Å². The number of benzene rings is 2. The number of hydrogen-bond acceptors (Lipinski definition) is 2. The number of imidazole rings is 1. The molecule has 0 atom stereocenters. The average Bonchev–Trinajstić information content (AvgIpc) is 2.75. The average molecular weight is 279 g/mol. The topological polar surface area (TPSA) is 46.9 Å². The maximum absolute atomic E-state index is 12.2. The van der Waals surface area contributed by atoms with Crippen LogP contribution in [0.3, 0.4) is 0 Å². The third-order valence-electron chi connectivity index (χ3n) is 3.45. The molecule has 0 spiro atoms. The number of carbonyl (C=O) groups is 1. The maximum Gasteiger partial charge on any atom is 0.244 e. The van der Waals surface area contributed by atoms with Crippen LogP contribution < -0.4 is 5.32 Å². The number of nitrogens with one attached hydrogen (secondary N) is 1. The van der Waals surface area contributed by atoms with Crippen molar-refractivity contribution < 1.29 is 4.79 Å². The Bertz CT molecular complexity index is 805. The number of rotatable bonds is 3. The van der Waals surface area contributed by atoms with Gasteiger partial charge in [-0.2, -0.15) is 0 Å². The molecule has 3 aromatic rings. The molecule has 2 aromatic carbocycles. The standard InChI is InChI=1S/C17H17N3O/c1-12-6-5-7-14(10-12)19-17(21)11-20-13(2)18-15-8-3-4-9-16(15)20/h3-10H,11H2,1-2H3,(H,19,21). The van der Waals surface area contributed by atoms with Gasteiger partial charge in [-0.1, -0.05) is 24.3 Å². The summed E-state index contributed by atoms with van der Waals surface area (Å²) in [6.45, 7) is 4.18. The second kappa shape index (κ2) is 5.40. The van der Waals surface area contributed by atoms with Gasteiger partial charge in [0.05, 0.1) is 11.0 Å². The first-order valence-corrected chi connectivity index (χ1v) is 6.92. The van der Waals surface area contributed by atoms with E-state index in [9.17, 15) is 4.79 Å². The molecule has 0 aliphatic heterocycles. The molecule has 0 aliphatic carbocycles. The summed E-state index contributed by atoms with van der Waals surface area (Å²) in [7, 11) is 0. The second-order valence-electron chi connectivity index (χ2n) is 5.15. The minimum atomic E-state index is -0.0492. The lowest BCUT2D eigenvalue weighted by Gasteiger charge is -2.09. The predicted molar refractivity (Wildman–Crippen MR) is 84.3 cm³/mol. The lowest BCUT2D eigenvalue weighted by atomic mass is 10.2. The zero-order chi connectivity index (χ0) is 14.8. The van der Waals surface area contributed by atoms with E-state index in [1.54, 1.807) is 0 Å². The summed E-state index contributed by atoms with van der Waals surface area (Å²) in [4.78, 5) is 16.7. The normalized spacial score (nSPS) is 10.8. The summed E-state index contributed by atoms with van der Waals surface area (Å²) in [6, 6.07) is 15.6. The molecule has 4 heteroatoms. The highest BCUT2D eigenvalue weighted by Gasteiger charge is 2.10. The van der Waals surface area contributed by atoms with Crippen molar-refractivity contribution in [2.75, 3.05) is 5.32 Å². The van der Waals surface area contributed by atoms with Gasteiger partial charge in [0.2, 0.25) is 5.91 Å². The van der Waals surface area contributed by atoms with Crippen LogP contribution in [0.1, 0.15) is 11.4 Å². The molecular weight excluding hydrogens is 262 g/mol. The van der Waals surface area contributed by atoms with Gasteiger partial charge in [-0.15, -0.1) is 0 Å². The fourth-order valence-corrected chi connectivity index (χ4v) is 2.46. The van der Waals surface area contributed by atoms with E-state index in [0.717, 1.165) is 28.1 Å². The van der Waals surface area contributed by atoms with E-state index >= 15 is 0 Å². The lowest BCUT2D eigenvalue weighted by Crippen LogP contribution is -2.19. The van der Waals surface area contributed by atoms with Crippen LogP contribution in [0.25, 0.3) is 11.0 Å². The molecule has 0 bridgehead atoms. The van der Waals surface area contributed by atoms with Crippen LogP contribution in [0.5, 0.6) is 0 Å². The lowest BCUT2D eigenvalue weighted by molar-refractivity contribution is -0.116. The zero-order valence-corrected chi connectivity index (χ0v) is 12.1. The molecular formula is C17H17N3O. The van der Waals surface area contributed by atoms with E-state index in [4.69, 9.17) is 0 Å². The van der Waals surface area contributed by atoms with Crippen LogP contribution in [-0.4, -0.2) is 15.5 Å². The predicted octanol–water partition coefficient (Wildman–Crippen LogP) is 3.29. The van der Waals surface area contributed by atoms with Crippen molar-refractivity contribution in [2.45, 2.75) is 20.4 Å². The monoisotopic (exact) mass is 279 g/mol. The van der Waals surface area contributed by atoms with E-state index in [0.29, 0.717) is 0 Å². The van der Waals surface area contributed by atoms with Crippen molar-refractivity contribution in [2.24, 2.45) is 0 Å². The van der Waals surface area contributed by atoms with Crippen LogP contribution >= 0.6 is 0 Å². The molecule has 3 rings (SSSR count). The summed E-state index contributed by atoms with van der Waals surface area (Å²) < 4.78 is 1.93. The first-order chi connectivity index (χ1) is 10.1. The van der Waals surface area contributed by atoms with E-state index in [2.05, 4.69) is 10.3 Å². The molecule has 1 aromatic heterocycles. The molecule has 0 radical (unpaired) electrons. The number of amides is 1. The molecule has 4 nitrogen and oxygen atoms in total. The number of hydrogen-bond donors (Lipinski definition) is 1. The third-order valence-corrected chi connectivity index (χ3v) is 3.45. The fourth-order valence-electron chi connectivity index (χ4n) is 2.46. The number of aromatic nitrogens is 2. The smallest absolute Gasteiger partial charge is 0.244 e. The van der Waals surface area contributed by atoms with Gasteiger partial charge in [-0.3, -0.25) is 4.79 Å². The highest BCUT2D eigenvalue weighted by molar-refractivity contribution is 5.91. The van der Waals surface area contributed by atoms with E-state index in [1.165, 1.54) is 0 Å². The van der Waals surface area contributed by atoms with Gasteiger partial charge in [-0.25, -0.2) is 4.98 Å². The van der Waals surface area contributed by atoms with Gasteiger partial charge >= 0.3 is 0 Å². The maximum atomic E-state index is 12.2. The van der Waals surface area contributed by atoms with E-state index in [1.807, 2.05) is 66.9 Å². The number of aryl methyl sites for hydroxylation is 2. The Morgan fingerprint density at radius 3 is 2.76 bits per heavy atom. The summed E-state index contributed by atoms with van der Waals surface area (Å²) >= 11 is 0. The van der Waals surface area contributed by atoms with E-state index < -0.39 is 0 Å². The van der Waals surface area contributed by atoms with Crippen molar-refractivity contribution in [1.29, 1.82) is 0 Å². The first kappa shape index (κ1) is 13.4. The number of fused-ring (bicyclic) bond motifs is 1. The Kier molecular flexibility index (Phi) is 3.44. The van der Waals surface area contributed by atoms with Gasteiger partial charge in [0.15, 0.2) is 0 Å². The molecule has 0 fully saturated rings. The second-order valence-corrected chi connectivity index (χ2v) is 5.15. The molecule has 1 heterocycles. The summed E-state index contributed by atoms with van der Waals surface area (Å²) in [6.07, 6.45) is 0. The van der Waals surface area contributed by atoms with Crippen molar-refractivity contribution in [1.82, 2.24) is 9.55 Å². The quantitative estimate of drug-likeness (QED) is 0.799. The molecule has 0 saturated heterocycles. The summed E-state index contributed by atoms with van der Waals surface area (Å²) in [5, 5.41) is 2.93. The van der Waals surface area contributed by atoms with Crippen molar-refractivity contribution in [3.63, 3.8) is 0 Å². The Hall–Kier alpha value is -2.62. The highest BCUT2D eigenvalue weighted by Crippen LogP contribution is 2.16. The Morgan fingerprint density at radius 1 is 1.14 bits per heavy atom. The van der Waals surface area contributed by atoms with Crippen LogP contribution in [0, 0.1) is 13.8 Å². The van der Waals surface area contributed by atoms with E-state index in [-0.39, 0.29) is 12.5 Å². The van der Waals surface area contributed by atoms with Crippen molar-refractivity contribution in [3.8, 4) is 0 Å². The molecule has 0 aliphatic rings. The molecule has 0 saturated carbocycles. The molecule has 1 N–H and O–H groups in total. The largest absolute Gasteiger partial charge is 0.325 e. The van der Waals surface area contributed by atoms with Gasteiger partial charge < -0.3 is 9.88 Å². The molecule has 106 valence electrons. The van der Waals surface area contributed by atoms with Gasteiger partial charge in [0.25, 0.3) is 0 Å². The Labute approximate surface area is 123 Å². The first-order valence-electron chi connectivity index (χ1n) is 6.92. The van der Waals surface area contributed by atoms with Crippen molar-refractivity contribution in [3.05, 3.63) is 59.9 Å². The molecule has 1 amide bonds. The van der Waals surface area contributed by atoms with Crippen LogP contribution in [0.4, 0.5) is 5.69 Å². The molecule has 21 heavy (non-hydrogen) atoms. The van der Waals surface area contributed by atoms with Crippen molar-refractivity contribution >= 4 is 22.6 Å². The zero-order valence-electron chi connectivity index (χ0n) is 12.1. The molecule has 0 unspecified atom stereocenters. The number of carbonyl (C=O) groups excluding carboxylic acids is 1. The number of para-hydroxylation sites is 2. The third kappa shape index (κ3) is 2.79. The van der Waals surface area contributed by atoms with Gasteiger partial charge in [0, 0.05) is 5.69 Å². The Morgan fingerprint density at radius 2 is 1.95 bits per heavy atom. The van der Waals surface area contributed by atoms with Gasteiger partial charge in [-0.05, 0) is 43.7 Å².